The summed E-state index contributed by atoms with van der Waals surface area (Å²) < 4.78 is 0. The predicted molar refractivity (Wildman–Crippen MR) is 74.3 cm³/mol. The minimum Gasteiger partial charge on any atom is -0.399 e. The van der Waals surface area contributed by atoms with Crippen molar-refractivity contribution in [1.29, 1.82) is 0 Å². The average Bonchev–Trinajstić information content (AvgIpc) is 2.82. The van der Waals surface area contributed by atoms with Gasteiger partial charge in [0.25, 0.3) is 0 Å². The molecule has 0 aliphatic rings. The van der Waals surface area contributed by atoms with Gasteiger partial charge in [0.15, 0.2) is 0 Å². The van der Waals surface area contributed by atoms with E-state index in [1.165, 1.54) is 5.69 Å². The summed E-state index contributed by atoms with van der Waals surface area (Å²) in [5.74, 6) is 0. The topological polar surface area (TPSA) is 42.2 Å². The zero-order chi connectivity index (χ0) is 12.1. The average molecular weight is 247 g/mol. The number of nitrogen functional groups attached to an aromatic ring is 1. The molecular weight excluding hydrogens is 230 g/mol. The second kappa shape index (κ2) is 5.68. The van der Waals surface area contributed by atoms with Crippen molar-refractivity contribution < 1.29 is 0 Å². The van der Waals surface area contributed by atoms with E-state index >= 15 is 0 Å². The van der Waals surface area contributed by atoms with Gasteiger partial charge in [0, 0.05) is 29.5 Å². The molecule has 0 atom stereocenters. The van der Waals surface area contributed by atoms with Crippen molar-refractivity contribution in [3.63, 3.8) is 0 Å². The van der Waals surface area contributed by atoms with Crippen molar-refractivity contribution in [3.05, 3.63) is 40.8 Å². The van der Waals surface area contributed by atoms with Crippen LogP contribution >= 0.6 is 11.3 Å². The molecule has 90 valence electrons. The Morgan fingerprint density at radius 1 is 1.29 bits per heavy atom. The van der Waals surface area contributed by atoms with Crippen molar-refractivity contribution in [1.82, 2.24) is 4.98 Å². The fourth-order valence-electron chi connectivity index (χ4n) is 1.75. The summed E-state index contributed by atoms with van der Waals surface area (Å²) in [7, 11) is 0. The van der Waals surface area contributed by atoms with E-state index in [1.807, 2.05) is 23.7 Å². The van der Waals surface area contributed by atoms with Gasteiger partial charge in [0.1, 0.15) is 5.01 Å². The van der Waals surface area contributed by atoms with Gasteiger partial charge in [-0.1, -0.05) is 6.92 Å². The smallest absolute Gasteiger partial charge is 0.112 e. The third-order valence-corrected chi connectivity index (χ3v) is 3.33. The monoisotopic (exact) mass is 247 g/mol. The van der Waals surface area contributed by atoms with Crippen molar-refractivity contribution >= 4 is 22.7 Å². The van der Waals surface area contributed by atoms with Crippen LogP contribution in [-0.2, 0) is 6.54 Å². The number of benzene rings is 1. The molecule has 0 bridgehead atoms. The molecule has 0 aliphatic carbocycles. The van der Waals surface area contributed by atoms with Crippen LogP contribution in [0.5, 0.6) is 0 Å². The SMILES string of the molecule is CCCN(Cc1nccs1)c1ccc(N)cc1. The van der Waals surface area contributed by atoms with Gasteiger partial charge in [-0.15, -0.1) is 11.3 Å². The molecule has 17 heavy (non-hydrogen) atoms. The number of thiazole rings is 1. The highest BCUT2D eigenvalue weighted by Crippen LogP contribution is 2.19. The summed E-state index contributed by atoms with van der Waals surface area (Å²) in [4.78, 5) is 6.67. The number of anilines is 2. The molecule has 4 heteroatoms. The number of nitrogens with two attached hydrogens (primary N) is 1. The largest absolute Gasteiger partial charge is 0.399 e. The molecule has 2 rings (SSSR count). The Hall–Kier alpha value is -1.55. The first-order valence-electron chi connectivity index (χ1n) is 5.78. The molecule has 0 aliphatic heterocycles. The summed E-state index contributed by atoms with van der Waals surface area (Å²) in [5, 5.41) is 3.16. The molecular formula is C13H17N3S. The van der Waals surface area contributed by atoms with E-state index in [0.29, 0.717) is 0 Å². The molecule has 2 aromatic rings. The van der Waals surface area contributed by atoms with Gasteiger partial charge in [-0.05, 0) is 30.7 Å². The third kappa shape index (κ3) is 3.20. The second-order valence-electron chi connectivity index (χ2n) is 3.94. The van der Waals surface area contributed by atoms with Gasteiger partial charge < -0.3 is 10.6 Å². The Kier molecular flexibility index (Phi) is 3.98. The number of hydrogen-bond donors (Lipinski definition) is 1. The maximum atomic E-state index is 5.71. The molecule has 0 radical (unpaired) electrons. The van der Waals surface area contributed by atoms with Gasteiger partial charge in [-0.2, -0.15) is 0 Å². The van der Waals surface area contributed by atoms with Gasteiger partial charge in [0.05, 0.1) is 6.54 Å². The van der Waals surface area contributed by atoms with E-state index < -0.39 is 0 Å². The highest BCUT2D eigenvalue weighted by atomic mass is 32.1. The van der Waals surface area contributed by atoms with Crippen LogP contribution < -0.4 is 10.6 Å². The summed E-state index contributed by atoms with van der Waals surface area (Å²) in [6.07, 6.45) is 2.98. The maximum absolute atomic E-state index is 5.71. The van der Waals surface area contributed by atoms with Crippen LogP contribution in [0.3, 0.4) is 0 Å². The van der Waals surface area contributed by atoms with Crippen molar-refractivity contribution in [2.75, 3.05) is 17.2 Å². The quantitative estimate of drug-likeness (QED) is 0.825. The lowest BCUT2D eigenvalue weighted by atomic mass is 10.2. The van der Waals surface area contributed by atoms with Crippen LogP contribution in [-0.4, -0.2) is 11.5 Å². The van der Waals surface area contributed by atoms with Crippen LogP contribution in [0.2, 0.25) is 0 Å². The minimum absolute atomic E-state index is 0.805. The Bertz CT molecular complexity index is 436. The van der Waals surface area contributed by atoms with Gasteiger partial charge >= 0.3 is 0 Å². The lowest BCUT2D eigenvalue weighted by Crippen LogP contribution is -2.23. The molecule has 1 aromatic heterocycles. The molecule has 0 unspecified atom stereocenters. The van der Waals surface area contributed by atoms with E-state index in [0.717, 1.165) is 30.2 Å². The van der Waals surface area contributed by atoms with Gasteiger partial charge in [0.2, 0.25) is 0 Å². The fraction of sp³-hybridized carbons (Fsp3) is 0.308. The van der Waals surface area contributed by atoms with E-state index in [1.54, 1.807) is 11.3 Å². The lowest BCUT2D eigenvalue weighted by molar-refractivity contribution is 0.764. The molecule has 3 nitrogen and oxygen atoms in total. The zero-order valence-electron chi connectivity index (χ0n) is 9.97. The number of aromatic nitrogens is 1. The summed E-state index contributed by atoms with van der Waals surface area (Å²) in [6, 6.07) is 8.02. The van der Waals surface area contributed by atoms with E-state index in [9.17, 15) is 0 Å². The van der Waals surface area contributed by atoms with E-state index in [-0.39, 0.29) is 0 Å². The first kappa shape index (κ1) is 11.9. The van der Waals surface area contributed by atoms with Crippen molar-refractivity contribution in [2.45, 2.75) is 19.9 Å². The van der Waals surface area contributed by atoms with Crippen molar-refractivity contribution in [2.24, 2.45) is 0 Å². The highest BCUT2D eigenvalue weighted by Gasteiger charge is 2.07. The highest BCUT2D eigenvalue weighted by molar-refractivity contribution is 7.09. The molecule has 0 saturated heterocycles. The first-order chi connectivity index (χ1) is 8.29. The number of nitrogens with zero attached hydrogens (tertiary/aromatic N) is 2. The van der Waals surface area contributed by atoms with Gasteiger partial charge in [-0.25, -0.2) is 4.98 Å². The standard InChI is InChI=1S/C13H17N3S/c1-2-8-16(10-13-15-7-9-17-13)12-5-3-11(14)4-6-12/h3-7,9H,2,8,10,14H2,1H3. The summed E-state index contributed by atoms with van der Waals surface area (Å²) in [5.41, 5.74) is 7.72. The Labute approximate surface area is 106 Å². The third-order valence-electron chi connectivity index (χ3n) is 2.56. The van der Waals surface area contributed by atoms with Crippen molar-refractivity contribution in [3.8, 4) is 0 Å². The maximum Gasteiger partial charge on any atom is 0.112 e. The Morgan fingerprint density at radius 3 is 2.65 bits per heavy atom. The Morgan fingerprint density at radius 2 is 2.06 bits per heavy atom. The predicted octanol–water partition coefficient (Wildman–Crippen LogP) is 3.14. The minimum atomic E-state index is 0.805. The van der Waals surface area contributed by atoms with Crippen LogP contribution in [0.15, 0.2) is 35.8 Å². The normalized spacial score (nSPS) is 10.4. The second-order valence-corrected chi connectivity index (χ2v) is 4.92. The van der Waals surface area contributed by atoms with Crippen LogP contribution in [0.4, 0.5) is 11.4 Å². The number of rotatable bonds is 5. The lowest BCUT2D eigenvalue weighted by Gasteiger charge is -2.23. The number of hydrogen-bond acceptors (Lipinski definition) is 4. The molecule has 0 amide bonds. The molecule has 0 saturated carbocycles. The first-order valence-corrected chi connectivity index (χ1v) is 6.66. The fourth-order valence-corrected chi connectivity index (χ4v) is 2.38. The Balaban J connectivity index is 2.13. The molecule has 0 spiro atoms. The molecule has 1 heterocycles. The van der Waals surface area contributed by atoms with Gasteiger partial charge in [-0.3, -0.25) is 0 Å². The zero-order valence-corrected chi connectivity index (χ0v) is 10.8. The van der Waals surface area contributed by atoms with Crippen LogP contribution in [0.1, 0.15) is 18.4 Å². The molecule has 0 fully saturated rings. The molecule has 2 N–H and O–H groups in total. The van der Waals surface area contributed by atoms with E-state index in [4.69, 9.17) is 5.73 Å². The van der Waals surface area contributed by atoms with Crippen LogP contribution in [0.25, 0.3) is 0 Å². The van der Waals surface area contributed by atoms with Crippen LogP contribution in [0, 0.1) is 0 Å². The summed E-state index contributed by atoms with van der Waals surface area (Å²) in [6.45, 7) is 4.09. The van der Waals surface area contributed by atoms with E-state index in [2.05, 4.69) is 28.9 Å². The summed E-state index contributed by atoms with van der Waals surface area (Å²) >= 11 is 1.70. The molecule has 1 aromatic carbocycles.